The van der Waals surface area contributed by atoms with Gasteiger partial charge in [0.25, 0.3) is 8.32 Å². The second-order valence-corrected chi connectivity index (χ2v) is 18.2. The zero-order valence-corrected chi connectivity index (χ0v) is 25.0. The van der Waals surface area contributed by atoms with Crippen LogP contribution in [-0.2, 0) is 24.1 Å². The number of ether oxygens (including phenoxy) is 3. The highest BCUT2D eigenvalue weighted by atomic mass is 35.6. The standard InChI is InChI=1S/C26H33Cl3N2O5Si/c1-6-15-12-31(24(36-37(3,4)5)35-14-26(27,28)29)21-11-25(22-10-17(15)18(21)13-34-22)19-8-7-16(33-2)9-20(19)30-23(25)32/h7-9,12,17-18,21-22H,6,10-11,13-14H2,1-5H3/p+1/t17-,18-,21-,22+,25-/m0/s1. The van der Waals surface area contributed by atoms with E-state index in [1.54, 1.807) is 7.11 Å². The van der Waals surface area contributed by atoms with Crippen molar-refractivity contribution in [2.45, 2.75) is 67.2 Å². The molecule has 7 nitrogen and oxygen atoms in total. The largest absolute Gasteiger partial charge is 0.541 e. The minimum atomic E-state index is -2.12. The van der Waals surface area contributed by atoms with Gasteiger partial charge in [-0.3, -0.25) is 4.79 Å². The second-order valence-electron chi connectivity index (χ2n) is 11.3. The summed E-state index contributed by atoms with van der Waals surface area (Å²) < 4.78 is 24.9. The molecule has 6 rings (SSSR count). The average molecular weight is 589 g/mol. The number of amides is 1. The minimum Gasteiger partial charge on any atom is -0.497 e. The SMILES string of the molecule is CCC1=C[N+](=C(OCC(Cl)(Cl)Cl)O[Si](C)(C)C)[C@H]2C[C@@]3(C(=O)Nc4cc(OC)ccc43)[C@H]3C[C@@H]1[C@@H]2CO3. The highest BCUT2D eigenvalue weighted by Crippen LogP contribution is 2.56. The lowest BCUT2D eigenvalue weighted by Gasteiger charge is -2.39. The molecule has 1 aromatic rings. The van der Waals surface area contributed by atoms with Gasteiger partial charge in [-0.15, -0.1) is 4.58 Å². The van der Waals surface area contributed by atoms with Gasteiger partial charge in [0.05, 0.1) is 25.7 Å². The lowest BCUT2D eigenvalue weighted by Crippen LogP contribution is -2.48. The van der Waals surface area contributed by atoms with Crippen LogP contribution < -0.4 is 10.1 Å². The fourth-order valence-corrected chi connectivity index (χ4v) is 7.23. The van der Waals surface area contributed by atoms with Crippen molar-refractivity contribution >= 4 is 60.8 Å². The third-order valence-corrected chi connectivity index (χ3v) is 9.04. The van der Waals surface area contributed by atoms with Gasteiger partial charge in [-0.05, 0) is 55.6 Å². The van der Waals surface area contributed by atoms with Crippen LogP contribution in [0.1, 0.15) is 31.7 Å². The van der Waals surface area contributed by atoms with Crippen LogP contribution in [0.4, 0.5) is 5.69 Å². The van der Waals surface area contributed by atoms with Crippen molar-refractivity contribution in [3.05, 3.63) is 35.5 Å². The molecule has 1 N–H and O–H groups in total. The number of hydrogen-bond acceptors (Lipinski definition) is 5. The Kier molecular flexibility index (Phi) is 7.06. The van der Waals surface area contributed by atoms with Gasteiger partial charge >= 0.3 is 6.08 Å². The maximum atomic E-state index is 13.9. The minimum absolute atomic E-state index is 0.0400. The van der Waals surface area contributed by atoms with Crippen LogP contribution in [0.3, 0.4) is 0 Å². The van der Waals surface area contributed by atoms with E-state index in [2.05, 4.69) is 42.7 Å². The number of carbonyl (C=O) groups excluding carboxylic acids is 1. The molecule has 1 amide bonds. The Morgan fingerprint density at radius 1 is 1.30 bits per heavy atom. The summed E-state index contributed by atoms with van der Waals surface area (Å²) >= 11 is 18.2. The van der Waals surface area contributed by atoms with E-state index in [1.165, 1.54) is 5.57 Å². The van der Waals surface area contributed by atoms with Gasteiger partial charge in [-0.1, -0.05) is 47.8 Å². The van der Waals surface area contributed by atoms with Gasteiger partial charge in [0.1, 0.15) is 17.8 Å². The summed E-state index contributed by atoms with van der Waals surface area (Å²) in [5, 5.41) is 3.13. The fraction of sp³-hybridized carbons (Fsp3) is 0.615. The van der Waals surface area contributed by atoms with E-state index in [-0.39, 0.29) is 30.6 Å². The van der Waals surface area contributed by atoms with Crippen molar-refractivity contribution in [1.82, 2.24) is 0 Å². The Balaban J connectivity index is 1.67. The number of benzene rings is 1. The highest BCUT2D eigenvalue weighted by Gasteiger charge is 2.64. The molecule has 3 fully saturated rings. The van der Waals surface area contributed by atoms with Crippen molar-refractivity contribution < 1.29 is 28.0 Å². The monoisotopic (exact) mass is 587 g/mol. The number of alkyl halides is 3. The molecule has 4 aliphatic heterocycles. The molecule has 4 heterocycles. The molecule has 5 aliphatic rings. The molecule has 2 saturated heterocycles. The number of nitrogens with zero attached hydrogens (tertiary/aromatic N) is 1. The van der Waals surface area contributed by atoms with E-state index in [0.717, 1.165) is 24.1 Å². The normalized spacial score (nSPS) is 31.9. The van der Waals surface area contributed by atoms with E-state index < -0.39 is 17.5 Å². The number of rotatable bonds is 4. The Hall–Kier alpha value is -1.45. The van der Waals surface area contributed by atoms with Crippen LogP contribution >= 0.6 is 34.8 Å². The first-order valence-corrected chi connectivity index (χ1v) is 17.3. The molecule has 11 heteroatoms. The van der Waals surface area contributed by atoms with Crippen LogP contribution in [0.2, 0.25) is 19.6 Å². The lowest BCUT2D eigenvalue weighted by atomic mass is 9.72. The summed E-state index contributed by atoms with van der Waals surface area (Å²) in [6, 6.07) is 5.69. The van der Waals surface area contributed by atoms with Gasteiger partial charge in [0, 0.05) is 18.2 Å². The first-order valence-electron chi connectivity index (χ1n) is 12.7. The summed E-state index contributed by atoms with van der Waals surface area (Å²) in [5.74, 6) is 1.13. The van der Waals surface area contributed by atoms with E-state index in [1.807, 2.05) is 18.2 Å². The first-order chi connectivity index (χ1) is 17.4. The maximum absolute atomic E-state index is 13.9. The van der Waals surface area contributed by atoms with Crippen LogP contribution in [0.15, 0.2) is 30.0 Å². The van der Waals surface area contributed by atoms with E-state index in [0.29, 0.717) is 30.8 Å². The molecule has 37 heavy (non-hydrogen) atoms. The molecule has 1 aliphatic carbocycles. The molecule has 4 bridgehead atoms. The van der Waals surface area contributed by atoms with E-state index in [4.69, 9.17) is 53.4 Å². The predicted molar refractivity (Wildman–Crippen MR) is 147 cm³/mol. The molecule has 0 aromatic heterocycles. The van der Waals surface area contributed by atoms with Crippen molar-refractivity contribution in [2.75, 3.05) is 25.6 Å². The number of carbonyl (C=O) groups is 1. The zero-order chi connectivity index (χ0) is 26.8. The van der Waals surface area contributed by atoms with Gasteiger partial charge in [-0.25, -0.2) is 0 Å². The number of nitrogens with one attached hydrogen (secondary N) is 1. The second kappa shape index (κ2) is 9.63. The van der Waals surface area contributed by atoms with Crippen LogP contribution in [-0.4, -0.2) is 61.1 Å². The summed E-state index contributed by atoms with van der Waals surface area (Å²) in [7, 11) is -0.495. The average Bonchev–Trinajstić information content (AvgIpc) is 2.93. The van der Waals surface area contributed by atoms with Crippen LogP contribution in [0, 0.1) is 11.8 Å². The fourth-order valence-electron chi connectivity index (χ4n) is 6.38. The Morgan fingerprint density at radius 2 is 2.05 bits per heavy atom. The molecule has 0 unspecified atom stereocenters. The van der Waals surface area contributed by atoms with Crippen molar-refractivity contribution in [2.24, 2.45) is 11.8 Å². The molecule has 5 atom stereocenters. The Labute approximate surface area is 234 Å². The van der Waals surface area contributed by atoms with Gasteiger partial charge in [0.15, 0.2) is 12.2 Å². The lowest BCUT2D eigenvalue weighted by molar-refractivity contribution is -0.537. The Morgan fingerprint density at radius 3 is 2.70 bits per heavy atom. The molecule has 1 aromatic carbocycles. The molecular weight excluding hydrogens is 555 g/mol. The van der Waals surface area contributed by atoms with Crippen molar-refractivity contribution in [3.8, 4) is 5.75 Å². The third-order valence-electron chi connectivity index (χ3n) is 7.92. The highest BCUT2D eigenvalue weighted by molar-refractivity contribution is 6.71. The van der Waals surface area contributed by atoms with Gasteiger partial charge < -0.3 is 24.0 Å². The van der Waals surface area contributed by atoms with Crippen molar-refractivity contribution in [1.29, 1.82) is 0 Å². The number of hydrogen-bond donors (Lipinski definition) is 1. The van der Waals surface area contributed by atoms with Crippen LogP contribution in [0.5, 0.6) is 5.75 Å². The smallest absolute Gasteiger partial charge is 0.497 e. The number of allylic oxidation sites excluding steroid dienone is 1. The number of anilines is 1. The quantitative estimate of drug-likeness (QED) is 0.215. The molecular formula is C26H34Cl3N2O5Si+. The van der Waals surface area contributed by atoms with E-state index in [9.17, 15) is 4.79 Å². The molecule has 0 radical (unpaired) electrons. The molecule has 1 saturated carbocycles. The van der Waals surface area contributed by atoms with Crippen molar-refractivity contribution in [3.63, 3.8) is 0 Å². The van der Waals surface area contributed by atoms with E-state index >= 15 is 0 Å². The maximum Gasteiger partial charge on any atom is 0.541 e. The number of halogens is 3. The summed E-state index contributed by atoms with van der Waals surface area (Å²) in [4.78, 5) is 13.9. The van der Waals surface area contributed by atoms with Crippen LogP contribution in [0.25, 0.3) is 0 Å². The Bertz CT molecular complexity index is 1160. The summed E-state index contributed by atoms with van der Waals surface area (Å²) in [6.45, 7) is 8.81. The number of methoxy groups -OCH3 is 1. The topological polar surface area (TPSA) is 69.0 Å². The number of fused-ring (bicyclic) bond motifs is 2. The summed E-state index contributed by atoms with van der Waals surface area (Å²) in [6.07, 6.45) is 4.43. The molecule has 1 spiro atoms. The third kappa shape index (κ3) is 4.89. The van der Waals surface area contributed by atoms with Gasteiger partial charge in [-0.2, -0.15) is 0 Å². The first kappa shape index (κ1) is 27.1. The predicted octanol–water partition coefficient (Wildman–Crippen LogP) is 5.59. The van der Waals surface area contributed by atoms with Gasteiger partial charge in [0.2, 0.25) is 9.70 Å². The zero-order valence-electron chi connectivity index (χ0n) is 21.8. The molecule has 202 valence electrons. The summed E-state index contributed by atoms with van der Waals surface area (Å²) in [5.41, 5.74) is 2.17.